The Hall–Kier alpha value is -2.47. The second kappa shape index (κ2) is 5.77. The Morgan fingerprint density at radius 3 is 1.65 bits per heavy atom. The summed E-state index contributed by atoms with van der Waals surface area (Å²) in [5.41, 5.74) is 2.08. The van der Waals surface area contributed by atoms with Crippen LogP contribution >= 0.6 is 0 Å². The Kier molecular flexibility index (Phi) is 3.77. The van der Waals surface area contributed by atoms with Gasteiger partial charge in [0.15, 0.2) is 0 Å². The quantitative estimate of drug-likeness (QED) is 0.775. The van der Waals surface area contributed by atoms with Gasteiger partial charge in [-0.3, -0.25) is 0 Å². The van der Waals surface area contributed by atoms with E-state index in [2.05, 4.69) is 0 Å². The van der Waals surface area contributed by atoms with E-state index in [1.807, 2.05) is 48.5 Å². The Balaban J connectivity index is 2.10. The molecule has 1 aliphatic carbocycles. The molecule has 0 unspecified atom stereocenters. The van der Waals surface area contributed by atoms with E-state index in [4.69, 9.17) is 0 Å². The van der Waals surface area contributed by atoms with Crippen LogP contribution in [0.15, 0.2) is 77.7 Å². The fourth-order valence-corrected chi connectivity index (χ4v) is 4.83. The molecule has 0 aliphatic heterocycles. The number of benzene rings is 3. The molecule has 1 aliphatic rings. The Morgan fingerprint density at radius 2 is 1.15 bits per heavy atom. The molecule has 26 heavy (non-hydrogen) atoms. The zero-order chi connectivity index (χ0) is 18.5. The molecule has 0 aromatic heterocycles. The summed E-state index contributed by atoms with van der Waals surface area (Å²) in [6, 6.07) is 21.8. The molecular weight excluding hydrogens is 346 g/mol. The first-order valence-corrected chi connectivity index (χ1v) is 9.76. The Bertz CT molecular complexity index is 1060. The monoisotopic (exact) mass is 365 g/mol. The maximum absolute atomic E-state index is 12.9. The van der Waals surface area contributed by atoms with Gasteiger partial charge in [0.05, 0.1) is 4.90 Å². The van der Waals surface area contributed by atoms with Crippen molar-refractivity contribution in [1.29, 1.82) is 0 Å². The van der Waals surface area contributed by atoms with E-state index in [1.165, 1.54) is 18.4 Å². The molecule has 0 bridgehead atoms. The van der Waals surface area contributed by atoms with Gasteiger partial charge in [-0.05, 0) is 17.2 Å². The summed E-state index contributed by atoms with van der Waals surface area (Å²) in [4.78, 5) is 0.110. The number of fused-ring (bicyclic) bond motifs is 3. The third kappa shape index (κ3) is 2.18. The third-order valence-electron chi connectivity index (χ3n) is 4.96. The van der Waals surface area contributed by atoms with Crippen molar-refractivity contribution in [2.75, 3.05) is 14.1 Å². The highest BCUT2D eigenvalue weighted by molar-refractivity contribution is 7.89. The normalized spacial score (nSPS) is 14.9. The first-order chi connectivity index (χ1) is 12.4. The van der Waals surface area contributed by atoms with E-state index in [0.717, 1.165) is 11.1 Å². The van der Waals surface area contributed by atoms with Crippen LogP contribution in [-0.4, -0.2) is 31.9 Å². The lowest BCUT2D eigenvalue weighted by Gasteiger charge is -2.29. The summed E-state index contributed by atoms with van der Waals surface area (Å²) in [7, 11) is -0.729. The smallest absolute Gasteiger partial charge is 0.242 e. The zero-order valence-electron chi connectivity index (χ0n) is 14.5. The van der Waals surface area contributed by atoms with Crippen LogP contribution in [0.25, 0.3) is 11.1 Å². The molecule has 0 atom stereocenters. The minimum Gasteiger partial charge on any atom is -0.376 e. The zero-order valence-corrected chi connectivity index (χ0v) is 15.4. The predicted molar refractivity (Wildman–Crippen MR) is 101 cm³/mol. The molecule has 0 fully saturated rings. The van der Waals surface area contributed by atoms with E-state index in [-0.39, 0.29) is 4.90 Å². The molecule has 3 aromatic rings. The molecule has 1 N–H and O–H groups in total. The summed E-state index contributed by atoms with van der Waals surface area (Å²) in [6.45, 7) is 0. The lowest BCUT2D eigenvalue weighted by Crippen LogP contribution is -2.31. The first kappa shape index (κ1) is 17.0. The first-order valence-electron chi connectivity index (χ1n) is 8.32. The van der Waals surface area contributed by atoms with Crippen LogP contribution in [0, 0.1) is 0 Å². The molecule has 4 rings (SSSR count). The number of aliphatic hydroxyl groups is 1. The van der Waals surface area contributed by atoms with Gasteiger partial charge in [-0.25, -0.2) is 12.7 Å². The van der Waals surface area contributed by atoms with Gasteiger partial charge in [-0.1, -0.05) is 66.7 Å². The Labute approximate surface area is 153 Å². The summed E-state index contributed by atoms with van der Waals surface area (Å²) < 4.78 is 26.9. The minimum atomic E-state index is -3.71. The second-order valence-electron chi connectivity index (χ2n) is 6.59. The van der Waals surface area contributed by atoms with Crippen LogP contribution in [0.4, 0.5) is 0 Å². The number of sulfonamides is 1. The van der Waals surface area contributed by atoms with E-state index >= 15 is 0 Å². The number of nitrogens with zero attached hydrogens (tertiary/aromatic N) is 1. The summed E-state index contributed by atoms with van der Waals surface area (Å²) >= 11 is 0. The van der Waals surface area contributed by atoms with Crippen LogP contribution < -0.4 is 0 Å². The van der Waals surface area contributed by atoms with Gasteiger partial charge >= 0.3 is 0 Å². The van der Waals surface area contributed by atoms with Crippen molar-refractivity contribution in [3.05, 3.63) is 89.5 Å². The lowest BCUT2D eigenvalue weighted by atomic mass is 9.84. The van der Waals surface area contributed by atoms with E-state index in [9.17, 15) is 13.5 Å². The van der Waals surface area contributed by atoms with Crippen LogP contribution in [-0.2, 0) is 15.6 Å². The summed E-state index contributed by atoms with van der Waals surface area (Å²) in [6.07, 6.45) is 0. The summed E-state index contributed by atoms with van der Waals surface area (Å²) in [5.74, 6) is 0. The minimum absolute atomic E-state index is 0.110. The predicted octanol–water partition coefficient (Wildman–Crippen LogP) is 3.20. The molecule has 0 saturated heterocycles. The van der Waals surface area contributed by atoms with Crippen molar-refractivity contribution < 1.29 is 13.5 Å². The number of hydrogen-bond donors (Lipinski definition) is 1. The molecule has 0 spiro atoms. The van der Waals surface area contributed by atoms with E-state index < -0.39 is 15.6 Å². The van der Waals surface area contributed by atoms with E-state index in [1.54, 1.807) is 24.3 Å². The van der Waals surface area contributed by atoms with Gasteiger partial charge in [0.1, 0.15) is 5.60 Å². The highest BCUT2D eigenvalue weighted by atomic mass is 32.2. The van der Waals surface area contributed by atoms with E-state index in [0.29, 0.717) is 16.7 Å². The fourth-order valence-electron chi connectivity index (χ4n) is 3.69. The highest BCUT2D eigenvalue weighted by Gasteiger charge is 2.45. The van der Waals surface area contributed by atoms with Crippen molar-refractivity contribution in [2.45, 2.75) is 10.5 Å². The van der Waals surface area contributed by atoms with Gasteiger partial charge < -0.3 is 5.11 Å². The highest BCUT2D eigenvalue weighted by Crippen LogP contribution is 2.51. The van der Waals surface area contributed by atoms with Crippen molar-refractivity contribution in [2.24, 2.45) is 0 Å². The number of hydrogen-bond acceptors (Lipinski definition) is 3. The van der Waals surface area contributed by atoms with Gasteiger partial charge in [0.2, 0.25) is 10.0 Å². The molecule has 132 valence electrons. The van der Waals surface area contributed by atoms with Gasteiger partial charge in [0, 0.05) is 30.8 Å². The van der Waals surface area contributed by atoms with Crippen LogP contribution in [0.5, 0.6) is 0 Å². The largest absolute Gasteiger partial charge is 0.376 e. The van der Waals surface area contributed by atoms with Crippen molar-refractivity contribution in [3.8, 4) is 11.1 Å². The number of rotatable bonds is 3. The van der Waals surface area contributed by atoms with Crippen LogP contribution in [0.3, 0.4) is 0 Å². The van der Waals surface area contributed by atoms with Gasteiger partial charge in [-0.2, -0.15) is 0 Å². The molecule has 4 nitrogen and oxygen atoms in total. The maximum Gasteiger partial charge on any atom is 0.242 e. The SMILES string of the molecule is CN(C)S(=O)(=O)c1ccccc1C1(O)c2ccccc2-c2ccccc21. The molecular formula is C21H19NO3S. The average Bonchev–Trinajstić information content (AvgIpc) is 2.92. The molecule has 0 amide bonds. The fraction of sp³-hybridized carbons (Fsp3) is 0.143. The third-order valence-corrected chi connectivity index (χ3v) is 6.83. The summed E-state index contributed by atoms with van der Waals surface area (Å²) in [5, 5.41) is 11.9. The van der Waals surface area contributed by atoms with Gasteiger partial charge in [-0.15, -0.1) is 0 Å². The molecule has 3 aromatic carbocycles. The Morgan fingerprint density at radius 1 is 0.731 bits per heavy atom. The second-order valence-corrected chi connectivity index (χ2v) is 8.71. The van der Waals surface area contributed by atoms with Crippen molar-refractivity contribution in [1.82, 2.24) is 4.31 Å². The molecule has 0 saturated carbocycles. The van der Waals surface area contributed by atoms with Gasteiger partial charge in [0.25, 0.3) is 0 Å². The van der Waals surface area contributed by atoms with Crippen molar-refractivity contribution in [3.63, 3.8) is 0 Å². The van der Waals surface area contributed by atoms with Crippen LogP contribution in [0.1, 0.15) is 16.7 Å². The van der Waals surface area contributed by atoms with Crippen molar-refractivity contribution >= 4 is 10.0 Å². The maximum atomic E-state index is 12.9. The van der Waals surface area contributed by atoms with Crippen LogP contribution in [0.2, 0.25) is 0 Å². The average molecular weight is 365 g/mol. The topological polar surface area (TPSA) is 57.6 Å². The molecule has 5 heteroatoms. The lowest BCUT2D eigenvalue weighted by molar-refractivity contribution is 0.127. The standard InChI is InChI=1S/C21H19NO3S/c1-22(2)26(24,25)20-14-8-7-13-19(20)21(23)17-11-5-3-9-15(17)16-10-4-6-12-18(16)21/h3-14,23H,1-2H3. The molecule has 0 heterocycles. The molecule has 0 radical (unpaired) electrons.